The van der Waals surface area contributed by atoms with E-state index in [-0.39, 0.29) is 11.8 Å². The molecule has 1 saturated carbocycles. The summed E-state index contributed by atoms with van der Waals surface area (Å²) in [6.07, 6.45) is 4.78. The van der Waals surface area contributed by atoms with Crippen LogP contribution in [0.15, 0.2) is 0 Å². The highest BCUT2D eigenvalue weighted by atomic mass is 16.1. The summed E-state index contributed by atoms with van der Waals surface area (Å²) >= 11 is 0. The molecule has 68 valence electrons. The van der Waals surface area contributed by atoms with Gasteiger partial charge >= 0.3 is 0 Å². The Balaban J connectivity index is 2.26. The summed E-state index contributed by atoms with van der Waals surface area (Å²) in [6.45, 7) is 1.53. The van der Waals surface area contributed by atoms with E-state index in [1.807, 2.05) is 0 Å². The van der Waals surface area contributed by atoms with Gasteiger partial charge in [0.1, 0.15) is 6.29 Å². The lowest BCUT2D eigenvalue weighted by Crippen LogP contribution is -2.36. The first-order valence-corrected chi connectivity index (χ1v) is 4.44. The van der Waals surface area contributed by atoms with Crippen molar-refractivity contribution in [2.75, 3.05) is 0 Å². The molecule has 1 aliphatic rings. The van der Waals surface area contributed by atoms with E-state index in [1.165, 1.54) is 6.92 Å². The molecule has 0 radical (unpaired) electrons. The van der Waals surface area contributed by atoms with Crippen LogP contribution in [-0.2, 0) is 9.59 Å². The highest BCUT2D eigenvalue weighted by Crippen LogP contribution is 2.22. The molecule has 0 atom stereocenters. The highest BCUT2D eigenvalue weighted by Gasteiger charge is 2.20. The van der Waals surface area contributed by atoms with Crippen molar-refractivity contribution in [3.05, 3.63) is 0 Å². The number of rotatable bonds is 2. The lowest BCUT2D eigenvalue weighted by atomic mass is 9.87. The van der Waals surface area contributed by atoms with Crippen molar-refractivity contribution in [3.8, 4) is 0 Å². The topological polar surface area (TPSA) is 46.2 Å². The molecule has 3 heteroatoms. The molecule has 1 amide bonds. The number of nitrogens with one attached hydrogen (secondary N) is 1. The van der Waals surface area contributed by atoms with Crippen LogP contribution in [0.25, 0.3) is 0 Å². The zero-order valence-corrected chi connectivity index (χ0v) is 7.38. The quantitative estimate of drug-likeness (QED) is 0.624. The van der Waals surface area contributed by atoms with Crippen molar-refractivity contribution >= 4 is 12.2 Å². The monoisotopic (exact) mass is 169 g/mol. The maximum Gasteiger partial charge on any atom is 0.217 e. The smallest absolute Gasteiger partial charge is 0.217 e. The van der Waals surface area contributed by atoms with Crippen LogP contribution in [0.5, 0.6) is 0 Å². The average molecular weight is 169 g/mol. The first-order chi connectivity index (χ1) is 5.72. The molecule has 0 aromatic heterocycles. The molecule has 1 aliphatic carbocycles. The first-order valence-electron chi connectivity index (χ1n) is 4.44. The number of hydrogen-bond acceptors (Lipinski definition) is 2. The second kappa shape index (κ2) is 4.24. The normalized spacial score (nSPS) is 29.4. The van der Waals surface area contributed by atoms with Gasteiger partial charge < -0.3 is 10.1 Å². The summed E-state index contributed by atoms with van der Waals surface area (Å²) in [6, 6.07) is 0.304. The molecule has 3 nitrogen and oxygen atoms in total. The molecule has 0 aliphatic heterocycles. The number of carbonyl (C=O) groups is 2. The summed E-state index contributed by atoms with van der Waals surface area (Å²) in [4.78, 5) is 21.1. The lowest BCUT2D eigenvalue weighted by Gasteiger charge is -2.25. The molecule has 12 heavy (non-hydrogen) atoms. The molecule has 1 N–H and O–H groups in total. The van der Waals surface area contributed by atoms with Gasteiger partial charge in [-0.1, -0.05) is 0 Å². The molecule has 0 unspecified atom stereocenters. The van der Waals surface area contributed by atoms with Crippen LogP contribution in [0.3, 0.4) is 0 Å². The van der Waals surface area contributed by atoms with Gasteiger partial charge in [0, 0.05) is 18.9 Å². The summed E-state index contributed by atoms with van der Waals surface area (Å²) < 4.78 is 0. The lowest BCUT2D eigenvalue weighted by molar-refractivity contribution is -0.119. The summed E-state index contributed by atoms with van der Waals surface area (Å²) in [7, 11) is 0. The number of aldehydes is 1. The number of hydrogen-bond donors (Lipinski definition) is 1. The minimum absolute atomic E-state index is 0.0320. The van der Waals surface area contributed by atoms with Crippen LogP contribution in [0.2, 0.25) is 0 Å². The Labute approximate surface area is 72.5 Å². The molecule has 1 fully saturated rings. The van der Waals surface area contributed by atoms with Crippen molar-refractivity contribution in [2.45, 2.75) is 38.6 Å². The highest BCUT2D eigenvalue weighted by molar-refractivity contribution is 5.73. The summed E-state index contributed by atoms with van der Waals surface area (Å²) in [5, 5.41) is 2.87. The van der Waals surface area contributed by atoms with Gasteiger partial charge in [0.15, 0.2) is 0 Å². The fraction of sp³-hybridized carbons (Fsp3) is 0.778. The fourth-order valence-corrected chi connectivity index (χ4v) is 1.69. The standard InChI is InChI=1S/C9H15NO2/c1-7(12)10-9-4-2-8(6-11)3-5-9/h6,8-9H,2-5H2,1H3,(H,10,12)/t8-,9+. The van der Waals surface area contributed by atoms with Crippen molar-refractivity contribution < 1.29 is 9.59 Å². The van der Waals surface area contributed by atoms with E-state index in [2.05, 4.69) is 5.32 Å². The van der Waals surface area contributed by atoms with Gasteiger partial charge in [0.2, 0.25) is 5.91 Å². The van der Waals surface area contributed by atoms with Gasteiger partial charge in [0.25, 0.3) is 0 Å². The second-order valence-electron chi connectivity index (χ2n) is 3.45. The Hall–Kier alpha value is -0.860. The minimum atomic E-state index is 0.0320. The summed E-state index contributed by atoms with van der Waals surface area (Å²) in [5.41, 5.74) is 0. The van der Waals surface area contributed by atoms with E-state index in [0.717, 1.165) is 32.0 Å². The molecule has 1 rings (SSSR count). The summed E-state index contributed by atoms with van der Waals surface area (Å²) in [5.74, 6) is 0.263. The van der Waals surface area contributed by atoms with Gasteiger partial charge in [-0.25, -0.2) is 0 Å². The van der Waals surface area contributed by atoms with Crippen LogP contribution in [-0.4, -0.2) is 18.2 Å². The van der Waals surface area contributed by atoms with E-state index >= 15 is 0 Å². The van der Waals surface area contributed by atoms with Crippen LogP contribution < -0.4 is 5.32 Å². The van der Waals surface area contributed by atoms with Crippen molar-refractivity contribution in [2.24, 2.45) is 5.92 Å². The molecule has 0 spiro atoms. The van der Waals surface area contributed by atoms with Gasteiger partial charge in [-0.05, 0) is 25.7 Å². The zero-order valence-electron chi connectivity index (χ0n) is 7.38. The fourth-order valence-electron chi connectivity index (χ4n) is 1.69. The van der Waals surface area contributed by atoms with Crippen molar-refractivity contribution in [3.63, 3.8) is 0 Å². The molecule has 0 aromatic rings. The number of amides is 1. The molecule has 0 heterocycles. The third kappa shape index (κ3) is 2.64. The predicted molar refractivity (Wildman–Crippen MR) is 45.6 cm³/mol. The van der Waals surface area contributed by atoms with Gasteiger partial charge in [-0.3, -0.25) is 4.79 Å². The first kappa shape index (κ1) is 9.23. The van der Waals surface area contributed by atoms with Crippen LogP contribution in [0.4, 0.5) is 0 Å². The minimum Gasteiger partial charge on any atom is -0.354 e. The largest absolute Gasteiger partial charge is 0.354 e. The van der Waals surface area contributed by atoms with E-state index < -0.39 is 0 Å². The third-order valence-electron chi connectivity index (χ3n) is 2.37. The Morgan fingerprint density at radius 2 is 1.92 bits per heavy atom. The Morgan fingerprint density at radius 1 is 1.33 bits per heavy atom. The molecule has 0 aromatic carbocycles. The van der Waals surface area contributed by atoms with Crippen molar-refractivity contribution in [1.29, 1.82) is 0 Å². The maximum absolute atomic E-state index is 10.7. The van der Waals surface area contributed by atoms with Gasteiger partial charge in [0.05, 0.1) is 0 Å². The molecule has 0 saturated heterocycles. The van der Waals surface area contributed by atoms with Gasteiger partial charge in [-0.15, -0.1) is 0 Å². The average Bonchev–Trinajstić information content (AvgIpc) is 2.05. The van der Waals surface area contributed by atoms with E-state index in [4.69, 9.17) is 0 Å². The van der Waals surface area contributed by atoms with E-state index in [9.17, 15) is 9.59 Å². The predicted octanol–water partition coefficient (Wildman–Crippen LogP) is 0.880. The molecular formula is C9H15NO2. The van der Waals surface area contributed by atoms with Crippen LogP contribution in [0, 0.1) is 5.92 Å². The molecule has 0 bridgehead atoms. The van der Waals surface area contributed by atoms with E-state index in [0.29, 0.717) is 6.04 Å². The molecular weight excluding hydrogens is 154 g/mol. The Kier molecular flexibility index (Phi) is 3.26. The second-order valence-corrected chi connectivity index (χ2v) is 3.45. The Morgan fingerprint density at radius 3 is 2.33 bits per heavy atom. The zero-order chi connectivity index (χ0) is 8.97. The van der Waals surface area contributed by atoms with E-state index in [1.54, 1.807) is 0 Å². The third-order valence-corrected chi connectivity index (χ3v) is 2.37. The maximum atomic E-state index is 10.7. The van der Waals surface area contributed by atoms with Crippen LogP contribution in [0.1, 0.15) is 32.6 Å². The van der Waals surface area contributed by atoms with Crippen LogP contribution >= 0.6 is 0 Å². The van der Waals surface area contributed by atoms with Gasteiger partial charge in [-0.2, -0.15) is 0 Å². The SMILES string of the molecule is CC(=O)N[C@H]1CC[C@@H](C=O)CC1. The van der Waals surface area contributed by atoms with Crippen molar-refractivity contribution in [1.82, 2.24) is 5.32 Å². The Bertz CT molecular complexity index is 171. The number of carbonyl (C=O) groups excluding carboxylic acids is 2.